The van der Waals surface area contributed by atoms with Gasteiger partial charge in [0.1, 0.15) is 11.6 Å². The second-order valence-corrected chi connectivity index (χ2v) is 3.88. The van der Waals surface area contributed by atoms with Crippen molar-refractivity contribution in [3.63, 3.8) is 0 Å². The number of Topliss-reactive ketones (excluding diaryl/α,β-unsaturated/α-hetero) is 1. The van der Waals surface area contributed by atoms with E-state index >= 15 is 0 Å². The number of pyridine rings is 1. The van der Waals surface area contributed by atoms with E-state index in [1.807, 2.05) is 0 Å². The molecule has 0 aliphatic heterocycles. The van der Waals surface area contributed by atoms with Crippen LogP contribution in [0, 0.1) is 0 Å². The van der Waals surface area contributed by atoms with Gasteiger partial charge in [0.2, 0.25) is 0 Å². The molecule has 1 aromatic heterocycles. The fourth-order valence-corrected chi connectivity index (χ4v) is 1.67. The van der Waals surface area contributed by atoms with Gasteiger partial charge in [-0.3, -0.25) is 4.79 Å². The number of aromatic nitrogens is 1. The van der Waals surface area contributed by atoms with Crippen LogP contribution in [-0.2, 0) is 6.42 Å². The van der Waals surface area contributed by atoms with E-state index in [1.165, 1.54) is 0 Å². The van der Waals surface area contributed by atoms with Crippen LogP contribution in [0.15, 0.2) is 42.6 Å². The highest BCUT2D eigenvalue weighted by Gasteiger charge is 2.10. The molecular weight excluding hydrogens is 228 g/mol. The summed E-state index contributed by atoms with van der Waals surface area (Å²) in [6.45, 7) is 0. The Hall–Kier alpha value is -2.36. The summed E-state index contributed by atoms with van der Waals surface area (Å²) in [4.78, 5) is 16.1. The van der Waals surface area contributed by atoms with E-state index in [2.05, 4.69) is 4.98 Å². The fourth-order valence-electron chi connectivity index (χ4n) is 1.67. The average Bonchev–Trinajstić information content (AvgIpc) is 2.41. The van der Waals surface area contributed by atoms with E-state index in [1.54, 1.807) is 49.7 Å². The molecule has 2 rings (SSSR count). The Balaban J connectivity index is 2.19. The number of rotatable bonds is 4. The minimum absolute atomic E-state index is 0.00593. The van der Waals surface area contributed by atoms with Gasteiger partial charge in [-0.25, -0.2) is 4.98 Å². The first-order chi connectivity index (χ1) is 8.70. The van der Waals surface area contributed by atoms with E-state index in [-0.39, 0.29) is 12.2 Å². The smallest absolute Gasteiger partial charge is 0.167 e. The highest BCUT2D eigenvalue weighted by Crippen LogP contribution is 2.16. The molecule has 2 aromatic rings. The third-order valence-corrected chi connectivity index (χ3v) is 2.67. The number of methoxy groups -OCH3 is 1. The molecule has 0 aliphatic carbocycles. The van der Waals surface area contributed by atoms with Crippen LogP contribution < -0.4 is 10.5 Å². The maximum atomic E-state index is 12.1. The molecule has 1 aromatic carbocycles. The van der Waals surface area contributed by atoms with Gasteiger partial charge in [0, 0.05) is 23.7 Å². The molecule has 0 saturated heterocycles. The summed E-state index contributed by atoms with van der Waals surface area (Å²) in [6.07, 6.45) is 1.85. The fraction of sp³-hybridized carbons (Fsp3) is 0.143. The molecule has 0 radical (unpaired) electrons. The van der Waals surface area contributed by atoms with E-state index in [4.69, 9.17) is 10.5 Å². The van der Waals surface area contributed by atoms with Crippen molar-refractivity contribution in [2.45, 2.75) is 6.42 Å². The molecule has 4 nitrogen and oxygen atoms in total. The predicted octanol–water partition coefficient (Wildman–Crippen LogP) is 2.10. The van der Waals surface area contributed by atoms with Crippen LogP contribution in [-0.4, -0.2) is 17.9 Å². The zero-order chi connectivity index (χ0) is 13.0. The lowest BCUT2D eigenvalue weighted by Gasteiger charge is -2.05. The number of nitrogens with zero attached hydrogens (tertiary/aromatic N) is 1. The van der Waals surface area contributed by atoms with Crippen molar-refractivity contribution in [3.05, 3.63) is 53.7 Å². The lowest BCUT2D eigenvalue weighted by atomic mass is 10.0. The molecule has 0 unspecified atom stereocenters. The summed E-state index contributed by atoms with van der Waals surface area (Å²) in [5, 5.41) is 0. The molecule has 92 valence electrons. The van der Waals surface area contributed by atoms with Gasteiger partial charge in [-0.1, -0.05) is 18.2 Å². The van der Waals surface area contributed by atoms with E-state index in [9.17, 15) is 4.79 Å². The van der Waals surface area contributed by atoms with Crippen molar-refractivity contribution in [2.24, 2.45) is 0 Å². The van der Waals surface area contributed by atoms with Crippen molar-refractivity contribution >= 4 is 11.6 Å². The van der Waals surface area contributed by atoms with Gasteiger partial charge in [-0.15, -0.1) is 0 Å². The monoisotopic (exact) mass is 242 g/mol. The van der Waals surface area contributed by atoms with Gasteiger partial charge in [-0.2, -0.15) is 0 Å². The first kappa shape index (κ1) is 12.1. The largest absolute Gasteiger partial charge is 0.497 e. The molecular formula is C14H14N2O2. The van der Waals surface area contributed by atoms with Crippen LogP contribution in [0.25, 0.3) is 0 Å². The van der Waals surface area contributed by atoms with Crippen molar-refractivity contribution in [1.82, 2.24) is 4.98 Å². The van der Waals surface area contributed by atoms with Crippen molar-refractivity contribution < 1.29 is 9.53 Å². The lowest BCUT2D eigenvalue weighted by Crippen LogP contribution is -2.06. The second kappa shape index (κ2) is 5.31. The standard InChI is InChI=1S/C14H14N2O2/c1-18-12-6-2-4-10(8-12)13(17)9-11-5-3-7-16-14(11)15/h2-8H,9H2,1H3,(H2,15,16). The highest BCUT2D eigenvalue weighted by molar-refractivity contribution is 5.98. The molecule has 4 heteroatoms. The van der Waals surface area contributed by atoms with Crippen molar-refractivity contribution in [2.75, 3.05) is 12.8 Å². The molecule has 18 heavy (non-hydrogen) atoms. The molecule has 0 bridgehead atoms. The van der Waals surface area contributed by atoms with Crippen LogP contribution in [0.2, 0.25) is 0 Å². The molecule has 0 spiro atoms. The minimum Gasteiger partial charge on any atom is -0.497 e. The number of ether oxygens (including phenoxy) is 1. The number of hydrogen-bond donors (Lipinski definition) is 1. The Labute approximate surface area is 105 Å². The van der Waals surface area contributed by atoms with Crippen molar-refractivity contribution in [3.8, 4) is 5.75 Å². The number of anilines is 1. The number of carbonyl (C=O) groups is 1. The molecule has 1 heterocycles. The van der Waals surface area contributed by atoms with Gasteiger partial charge < -0.3 is 10.5 Å². The number of hydrogen-bond acceptors (Lipinski definition) is 4. The van der Waals surface area contributed by atoms with Crippen molar-refractivity contribution in [1.29, 1.82) is 0 Å². The highest BCUT2D eigenvalue weighted by atomic mass is 16.5. The zero-order valence-electron chi connectivity index (χ0n) is 10.1. The lowest BCUT2D eigenvalue weighted by molar-refractivity contribution is 0.0992. The maximum absolute atomic E-state index is 12.1. The second-order valence-electron chi connectivity index (χ2n) is 3.88. The summed E-state index contributed by atoms with van der Waals surface area (Å²) < 4.78 is 5.09. The first-order valence-electron chi connectivity index (χ1n) is 5.57. The normalized spacial score (nSPS) is 10.1. The van der Waals surface area contributed by atoms with Gasteiger partial charge in [-0.05, 0) is 18.2 Å². The van der Waals surface area contributed by atoms with Gasteiger partial charge >= 0.3 is 0 Å². The molecule has 0 aliphatic rings. The predicted molar refractivity (Wildman–Crippen MR) is 69.7 cm³/mol. The topological polar surface area (TPSA) is 65.2 Å². The maximum Gasteiger partial charge on any atom is 0.167 e. The zero-order valence-corrected chi connectivity index (χ0v) is 10.1. The van der Waals surface area contributed by atoms with E-state index in [0.29, 0.717) is 17.1 Å². The Kier molecular flexibility index (Phi) is 3.57. The molecule has 0 fully saturated rings. The number of nitrogen functional groups attached to an aromatic ring is 1. The Morgan fingerprint density at radius 1 is 1.33 bits per heavy atom. The summed E-state index contributed by atoms with van der Waals surface area (Å²) in [7, 11) is 1.57. The summed E-state index contributed by atoms with van der Waals surface area (Å²) in [6, 6.07) is 10.6. The van der Waals surface area contributed by atoms with Crippen LogP contribution in [0.4, 0.5) is 5.82 Å². The Morgan fingerprint density at radius 3 is 2.89 bits per heavy atom. The first-order valence-corrected chi connectivity index (χ1v) is 5.57. The van der Waals surface area contributed by atoms with Crippen LogP contribution >= 0.6 is 0 Å². The number of benzene rings is 1. The van der Waals surface area contributed by atoms with Gasteiger partial charge in [0.25, 0.3) is 0 Å². The van der Waals surface area contributed by atoms with Crippen LogP contribution in [0.1, 0.15) is 15.9 Å². The minimum atomic E-state index is -0.00593. The Morgan fingerprint density at radius 2 is 2.17 bits per heavy atom. The summed E-state index contributed by atoms with van der Waals surface area (Å²) in [5.74, 6) is 1.06. The average molecular weight is 242 g/mol. The third-order valence-electron chi connectivity index (χ3n) is 2.67. The Bertz CT molecular complexity index is 567. The van der Waals surface area contributed by atoms with Crippen LogP contribution in [0.3, 0.4) is 0 Å². The van der Waals surface area contributed by atoms with E-state index < -0.39 is 0 Å². The van der Waals surface area contributed by atoms with Crippen LogP contribution in [0.5, 0.6) is 5.75 Å². The number of ketones is 1. The quantitative estimate of drug-likeness (QED) is 0.834. The molecule has 0 saturated carbocycles. The SMILES string of the molecule is COc1cccc(C(=O)Cc2cccnc2N)c1. The molecule has 0 atom stereocenters. The molecule has 2 N–H and O–H groups in total. The van der Waals surface area contributed by atoms with Gasteiger partial charge in [0.05, 0.1) is 7.11 Å². The van der Waals surface area contributed by atoms with Gasteiger partial charge in [0.15, 0.2) is 5.78 Å². The summed E-state index contributed by atoms with van der Waals surface area (Å²) in [5.41, 5.74) is 7.06. The number of carbonyl (C=O) groups excluding carboxylic acids is 1. The third kappa shape index (κ3) is 2.66. The number of nitrogens with two attached hydrogens (primary N) is 1. The summed E-state index contributed by atoms with van der Waals surface area (Å²) >= 11 is 0. The molecule has 0 amide bonds. The van der Waals surface area contributed by atoms with E-state index in [0.717, 1.165) is 5.56 Å².